The van der Waals surface area contributed by atoms with E-state index < -0.39 is 10.8 Å². The van der Waals surface area contributed by atoms with Gasteiger partial charge in [-0.15, -0.1) is 0 Å². The van der Waals surface area contributed by atoms with Gasteiger partial charge in [-0.05, 0) is 23.8 Å². The molecule has 0 saturated carbocycles. The number of carbonyl (C=O) groups is 1. The van der Waals surface area contributed by atoms with Gasteiger partial charge in [0.1, 0.15) is 17.4 Å². The van der Waals surface area contributed by atoms with Gasteiger partial charge >= 0.3 is 0 Å². The molecule has 1 heterocycles. The van der Waals surface area contributed by atoms with Crippen LogP contribution in [0.1, 0.15) is 11.3 Å². The topological polar surface area (TPSA) is 109 Å². The zero-order valence-corrected chi connectivity index (χ0v) is 11.4. The number of furan rings is 1. The Morgan fingerprint density at radius 1 is 1.41 bits per heavy atom. The Kier molecular flexibility index (Phi) is 4.67. The van der Waals surface area contributed by atoms with E-state index in [-0.39, 0.29) is 17.8 Å². The van der Waals surface area contributed by atoms with Gasteiger partial charge in [-0.3, -0.25) is 14.9 Å². The van der Waals surface area contributed by atoms with Crippen molar-refractivity contribution in [2.24, 2.45) is 0 Å². The maximum atomic E-state index is 11.9. The molecule has 0 spiro atoms. The molecule has 1 N–H and O–H groups in total. The van der Waals surface area contributed by atoms with Crippen LogP contribution in [0.4, 0.5) is 5.69 Å². The maximum Gasteiger partial charge on any atom is 0.270 e. The van der Waals surface area contributed by atoms with E-state index in [4.69, 9.17) is 9.68 Å². The molecular weight excluding hydrogens is 286 g/mol. The number of benzene rings is 1. The van der Waals surface area contributed by atoms with Crippen LogP contribution in [0.25, 0.3) is 6.08 Å². The van der Waals surface area contributed by atoms with Crippen LogP contribution in [0.3, 0.4) is 0 Å². The number of nitrogens with one attached hydrogen (secondary N) is 1. The quantitative estimate of drug-likeness (QED) is 0.394. The van der Waals surface area contributed by atoms with Crippen molar-refractivity contribution in [2.75, 3.05) is 0 Å². The highest BCUT2D eigenvalue weighted by Crippen LogP contribution is 2.15. The Morgan fingerprint density at radius 2 is 2.23 bits per heavy atom. The lowest BCUT2D eigenvalue weighted by Crippen LogP contribution is -2.23. The first-order valence-electron chi connectivity index (χ1n) is 6.27. The molecule has 0 saturated heterocycles. The van der Waals surface area contributed by atoms with E-state index in [1.54, 1.807) is 24.3 Å². The van der Waals surface area contributed by atoms with Gasteiger partial charge in [0.05, 0.1) is 17.7 Å². The largest absolute Gasteiger partial charge is 0.467 e. The lowest BCUT2D eigenvalue weighted by molar-refractivity contribution is -0.384. The molecule has 0 radical (unpaired) electrons. The second kappa shape index (κ2) is 6.85. The highest BCUT2D eigenvalue weighted by atomic mass is 16.6. The molecule has 7 heteroatoms. The average molecular weight is 297 g/mol. The van der Waals surface area contributed by atoms with E-state index in [1.807, 2.05) is 0 Å². The number of hydrogen-bond donors (Lipinski definition) is 1. The summed E-state index contributed by atoms with van der Waals surface area (Å²) in [6.45, 7) is 0.153. The molecule has 0 aliphatic heterocycles. The van der Waals surface area contributed by atoms with Gasteiger partial charge in [0.15, 0.2) is 0 Å². The molecule has 0 unspecified atom stereocenters. The first kappa shape index (κ1) is 15.0. The zero-order chi connectivity index (χ0) is 15.9. The van der Waals surface area contributed by atoms with E-state index >= 15 is 0 Å². The summed E-state index contributed by atoms with van der Waals surface area (Å²) in [4.78, 5) is 22.1. The lowest BCUT2D eigenvalue weighted by atomic mass is 10.1. The summed E-state index contributed by atoms with van der Waals surface area (Å²) < 4.78 is 5.07. The molecular formula is C15H11N3O4. The van der Waals surface area contributed by atoms with Crippen LogP contribution in [0.2, 0.25) is 0 Å². The standard InChI is InChI=1S/C15H11N3O4/c16-9-12(15(19)17-10-14-5-2-6-22-14)7-11-3-1-4-13(8-11)18(20)21/h1-8H,10H2,(H,17,19)/b12-7-. The second-order valence-corrected chi connectivity index (χ2v) is 4.28. The predicted molar refractivity (Wildman–Crippen MR) is 77.2 cm³/mol. The summed E-state index contributed by atoms with van der Waals surface area (Å²) in [5.74, 6) is -0.0219. The number of nitrogens with zero attached hydrogens (tertiary/aromatic N) is 2. The summed E-state index contributed by atoms with van der Waals surface area (Å²) in [6, 6.07) is 10.8. The first-order valence-corrected chi connectivity index (χ1v) is 6.27. The molecule has 110 valence electrons. The number of hydrogen-bond acceptors (Lipinski definition) is 5. The van der Waals surface area contributed by atoms with E-state index in [2.05, 4.69) is 5.32 Å². The van der Waals surface area contributed by atoms with Crippen LogP contribution in [0, 0.1) is 21.4 Å². The summed E-state index contributed by atoms with van der Waals surface area (Å²) in [5, 5.41) is 22.3. The third-order valence-corrected chi connectivity index (χ3v) is 2.76. The van der Waals surface area contributed by atoms with Gasteiger partial charge in [0, 0.05) is 12.1 Å². The number of nitro benzene ring substituents is 1. The first-order chi connectivity index (χ1) is 10.6. The Morgan fingerprint density at radius 3 is 2.86 bits per heavy atom. The van der Waals surface area contributed by atoms with Crippen molar-refractivity contribution >= 4 is 17.7 Å². The molecule has 1 amide bonds. The van der Waals surface area contributed by atoms with Gasteiger partial charge in [-0.25, -0.2) is 0 Å². The molecule has 22 heavy (non-hydrogen) atoms. The average Bonchev–Trinajstić information content (AvgIpc) is 3.04. The number of nitriles is 1. The molecule has 0 aliphatic rings. The number of nitro groups is 1. The van der Waals surface area contributed by atoms with Crippen molar-refractivity contribution in [3.8, 4) is 6.07 Å². The Hall–Kier alpha value is -3.40. The van der Waals surface area contributed by atoms with Crippen molar-refractivity contribution in [1.82, 2.24) is 5.32 Å². The normalized spacial score (nSPS) is 10.8. The second-order valence-electron chi connectivity index (χ2n) is 4.28. The number of non-ortho nitro benzene ring substituents is 1. The number of rotatable bonds is 5. The van der Waals surface area contributed by atoms with Crippen molar-refractivity contribution in [1.29, 1.82) is 5.26 Å². The fourth-order valence-electron chi connectivity index (χ4n) is 1.72. The van der Waals surface area contributed by atoms with Gasteiger partial charge in [-0.2, -0.15) is 5.26 Å². The molecule has 0 bridgehead atoms. The van der Waals surface area contributed by atoms with Crippen LogP contribution in [0.5, 0.6) is 0 Å². The highest BCUT2D eigenvalue weighted by Gasteiger charge is 2.11. The third-order valence-electron chi connectivity index (χ3n) is 2.76. The van der Waals surface area contributed by atoms with Crippen LogP contribution in [-0.2, 0) is 11.3 Å². The minimum absolute atomic E-state index is 0.109. The molecule has 0 fully saturated rings. The SMILES string of the molecule is N#C/C(=C/c1cccc([N+](=O)[O-])c1)C(=O)NCc1ccco1. The van der Waals surface area contributed by atoms with Crippen molar-refractivity contribution in [3.63, 3.8) is 0 Å². The minimum Gasteiger partial charge on any atom is -0.467 e. The van der Waals surface area contributed by atoms with E-state index in [1.165, 1.54) is 30.5 Å². The molecule has 1 aromatic heterocycles. The molecule has 0 aliphatic carbocycles. The van der Waals surface area contributed by atoms with Crippen LogP contribution >= 0.6 is 0 Å². The number of amides is 1. The van der Waals surface area contributed by atoms with Gasteiger partial charge in [-0.1, -0.05) is 12.1 Å². The fraction of sp³-hybridized carbons (Fsp3) is 0.0667. The van der Waals surface area contributed by atoms with Gasteiger partial charge in [0.2, 0.25) is 0 Å². The molecule has 2 rings (SSSR count). The highest BCUT2D eigenvalue weighted by molar-refractivity contribution is 6.01. The Labute approximate surface area is 125 Å². The zero-order valence-electron chi connectivity index (χ0n) is 11.4. The Balaban J connectivity index is 2.13. The van der Waals surface area contributed by atoms with Gasteiger partial charge < -0.3 is 9.73 Å². The van der Waals surface area contributed by atoms with Crippen LogP contribution in [0.15, 0.2) is 52.7 Å². The molecule has 7 nitrogen and oxygen atoms in total. The van der Waals surface area contributed by atoms with Crippen molar-refractivity contribution in [3.05, 3.63) is 69.7 Å². The van der Waals surface area contributed by atoms with Crippen molar-refractivity contribution in [2.45, 2.75) is 6.54 Å². The third kappa shape index (κ3) is 3.80. The molecule has 0 atom stereocenters. The van der Waals surface area contributed by atoms with Gasteiger partial charge in [0.25, 0.3) is 11.6 Å². The maximum absolute atomic E-state index is 11.9. The fourth-order valence-corrected chi connectivity index (χ4v) is 1.72. The Bertz CT molecular complexity index is 757. The van der Waals surface area contributed by atoms with E-state index in [9.17, 15) is 14.9 Å². The van der Waals surface area contributed by atoms with E-state index in [0.717, 1.165) is 0 Å². The lowest BCUT2D eigenvalue weighted by Gasteiger charge is -2.02. The summed E-state index contributed by atoms with van der Waals surface area (Å²) in [5.41, 5.74) is 0.146. The minimum atomic E-state index is -0.578. The summed E-state index contributed by atoms with van der Waals surface area (Å²) >= 11 is 0. The van der Waals surface area contributed by atoms with Crippen molar-refractivity contribution < 1.29 is 14.1 Å². The monoisotopic (exact) mass is 297 g/mol. The molecule has 2 aromatic rings. The molecule has 1 aromatic carbocycles. The predicted octanol–water partition coefficient (Wildman–Crippen LogP) is 2.41. The number of carbonyl (C=O) groups excluding carboxylic acids is 1. The summed E-state index contributed by atoms with van der Waals surface area (Å²) in [6.07, 6.45) is 2.77. The van der Waals surface area contributed by atoms with Crippen LogP contribution < -0.4 is 5.32 Å². The summed E-state index contributed by atoms with van der Waals surface area (Å²) in [7, 11) is 0. The van der Waals surface area contributed by atoms with Crippen LogP contribution in [-0.4, -0.2) is 10.8 Å². The van der Waals surface area contributed by atoms with E-state index in [0.29, 0.717) is 11.3 Å². The smallest absolute Gasteiger partial charge is 0.270 e.